The van der Waals surface area contributed by atoms with Crippen LogP contribution in [0.3, 0.4) is 0 Å². The molecule has 0 saturated carbocycles. The zero-order chi connectivity index (χ0) is 21.3. The molecule has 0 aliphatic carbocycles. The van der Waals surface area contributed by atoms with Crippen LogP contribution in [0.15, 0.2) is 42.5 Å². The summed E-state index contributed by atoms with van der Waals surface area (Å²) in [5.74, 6) is 1.11. The van der Waals surface area contributed by atoms with E-state index in [1.54, 1.807) is 32.1 Å². The highest BCUT2D eigenvalue weighted by molar-refractivity contribution is 5.83. The van der Waals surface area contributed by atoms with Gasteiger partial charge in [-0.1, -0.05) is 12.1 Å². The Labute approximate surface area is 175 Å². The third-order valence-electron chi connectivity index (χ3n) is 5.66. The molecule has 0 radical (unpaired) electrons. The zero-order valence-corrected chi connectivity index (χ0v) is 17.3. The van der Waals surface area contributed by atoms with E-state index in [9.17, 15) is 9.59 Å². The lowest BCUT2D eigenvalue weighted by Gasteiger charge is -2.23. The molecule has 1 saturated heterocycles. The number of benzene rings is 2. The number of methoxy groups -OCH3 is 2. The summed E-state index contributed by atoms with van der Waals surface area (Å²) in [5, 5.41) is 0. The molecule has 0 bridgehead atoms. The number of ether oxygens (including phenoxy) is 4. The Morgan fingerprint density at radius 2 is 1.77 bits per heavy atom. The first kappa shape index (κ1) is 20.1. The van der Waals surface area contributed by atoms with E-state index >= 15 is 0 Å². The molecule has 2 aliphatic rings. The quantitative estimate of drug-likeness (QED) is 0.681. The highest BCUT2D eigenvalue weighted by atomic mass is 16.5. The van der Waals surface area contributed by atoms with Crippen LogP contribution in [0, 0.1) is 5.92 Å². The summed E-state index contributed by atoms with van der Waals surface area (Å²) in [5.41, 5.74) is 1.77. The van der Waals surface area contributed by atoms with E-state index in [1.807, 2.05) is 36.4 Å². The van der Waals surface area contributed by atoms with Crippen LogP contribution in [0.25, 0.3) is 0 Å². The monoisotopic (exact) mass is 411 g/mol. The molecular weight excluding hydrogens is 386 g/mol. The molecule has 30 heavy (non-hydrogen) atoms. The van der Waals surface area contributed by atoms with Crippen molar-refractivity contribution in [1.82, 2.24) is 4.90 Å². The van der Waals surface area contributed by atoms with Gasteiger partial charge in [0.2, 0.25) is 5.91 Å². The smallest absolute Gasteiger partial charge is 0.314 e. The van der Waals surface area contributed by atoms with Crippen molar-refractivity contribution in [2.75, 3.05) is 27.4 Å². The van der Waals surface area contributed by atoms with Gasteiger partial charge in [0.15, 0.2) is 0 Å². The van der Waals surface area contributed by atoms with Crippen molar-refractivity contribution in [1.29, 1.82) is 0 Å². The molecule has 4 rings (SSSR count). The molecule has 3 atom stereocenters. The Bertz CT molecular complexity index is 941. The number of carbonyl (C=O) groups excluding carboxylic acids is 2. The molecule has 0 spiro atoms. The van der Waals surface area contributed by atoms with Crippen molar-refractivity contribution in [3.63, 3.8) is 0 Å². The average molecular weight is 411 g/mol. The number of fused-ring (bicyclic) bond motifs is 3. The Morgan fingerprint density at radius 3 is 2.43 bits per heavy atom. The maximum Gasteiger partial charge on any atom is 0.314 e. The molecule has 0 unspecified atom stereocenters. The Hall–Kier alpha value is -3.22. The number of esters is 1. The maximum absolute atomic E-state index is 13.2. The number of amides is 1. The summed E-state index contributed by atoms with van der Waals surface area (Å²) in [6.45, 7) is 2.33. The van der Waals surface area contributed by atoms with Crippen LogP contribution >= 0.6 is 0 Å². The zero-order valence-electron chi connectivity index (χ0n) is 17.3. The van der Waals surface area contributed by atoms with Gasteiger partial charge in [0.1, 0.15) is 29.3 Å². The second-order valence-corrected chi connectivity index (χ2v) is 7.36. The SMILES string of the molecule is CCOC(=O)[C@@H]1CN(C(=O)Cc2ccc(OC)cc2)[C@H]2c3ccc(OC)cc3O[C@@H]12. The lowest BCUT2D eigenvalue weighted by Crippen LogP contribution is -2.33. The van der Waals surface area contributed by atoms with Crippen molar-refractivity contribution < 1.29 is 28.5 Å². The van der Waals surface area contributed by atoms with Crippen molar-refractivity contribution in [3.8, 4) is 17.2 Å². The molecule has 2 aromatic rings. The minimum absolute atomic E-state index is 0.0609. The predicted molar refractivity (Wildman–Crippen MR) is 109 cm³/mol. The normalized spacial score (nSPS) is 21.4. The van der Waals surface area contributed by atoms with Gasteiger partial charge in [-0.2, -0.15) is 0 Å². The highest BCUT2D eigenvalue weighted by Crippen LogP contribution is 2.49. The van der Waals surface area contributed by atoms with E-state index in [1.165, 1.54) is 0 Å². The standard InChI is InChI=1S/C23H25NO6/c1-4-29-23(26)18-13-24(20(25)11-14-5-7-15(27-2)8-6-14)21-17-10-9-16(28-3)12-19(17)30-22(18)21/h5-10,12,18,21-22H,4,11,13H2,1-3H3/t18-,21+,22+/m1/s1. The molecule has 0 N–H and O–H groups in total. The molecule has 0 aromatic heterocycles. The third kappa shape index (κ3) is 3.56. The number of likely N-dealkylation sites (tertiary alicyclic amines) is 1. The van der Waals surface area contributed by atoms with Crippen molar-refractivity contribution in [2.45, 2.75) is 25.5 Å². The molecule has 1 fully saturated rings. The van der Waals surface area contributed by atoms with Gasteiger partial charge in [0.25, 0.3) is 0 Å². The largest absolute Gasteiger partial charge is 0.497 e. The van der Waals surface area contributed by atoms with Crippen molar-refractivity contribution in [3.05, 3.63) is 53.6 Å². The first-order chi connectivity index (χ1) is 14.5. The van der Waals surface area contributed by atoms with E-state index in [4.69, 9.17) is 18.9 Å². The Morgan fingerprint density at radius 1 is 1.07 bits per heavy atom. The van der Waals surface area contributed by atoms with Gasteiger partial charge in [-0.15, -0.1) is 0 Å². The second-order valence-electron chi connectivity index (χ2n) is 7.36. The van der Waals surface area contributed by atoms with Crippen LogP contribution in [0.1, 0.15) is 24.1 Å². The summed E-state index contributed by atoms with van der Waals surface area (Å²) in [6.07, 6.45) is -0.236. The topological polar surface area (TPSA) is 74.3 Å². The van der Waals surface area contributed by atoms with Crippen LogP contribution in [0.2, 0.25) is 0 Å². The van der Waals surface area contributed by atoms with Crippen molar-refractivity contribution >= 4 is 11.9 Å². The van der Waals surface area contributed by atoms with Gasteiger partial charge >= 0.3 is 5.97 Å². The predicted octanol–water partition coefficient (Wildman–Crippen LogP) is 2.77. The molecular formula is C23H25NO6. The van der Waals surface area contributed by atoms with E-state index in [-0.39, 0.29) is 37.5 Å². The summed E-state index contributed by atoms with van der Waals surface area (Å²) in [6, 6.07) is 12.6. The summed E-state index contributed by atoms with van der Waals surface area (Å²) >= 11 is 0. The fraction of sp³-hybridized carbons (Fsp3) is 0.391. The Kier molecular flexibility index (Phi) is 5.53. The van der Waals surface area contributed by atoms with E-state index < -0.39 is 12.0 Å². The van der Waals surface area contributed by atoms with Gasteiger partial charge < -0.3 is 23.8 Å². The minimum Gasteiger partial charge on any atom is -0.497 e. The average Bonchev–Trinajstić information content (AvgIpc) is 3.31. The molecule has 7 nitrogen and oxygen atoms in total. The summed E-state index contributed by atoms with van der Waals surface area (Å²) in [4.78, 5) is 27.6. The van der Waals surface area contributed by atoms with E-state index in [0.29, 0.717) is 11.5 Å². The molecule has 1 amide bonds. The lowest BCUT2D eigenvalue weighted by molar-refractivity contribution is -0.149. The third-order valence-corrected chi connectivity index (χ3v) is 5.66. The summed E-state index contributed by atoms with van der Waals surface area (Å²) in [7, 11) is 3.19. The molecule has 2 aliphatic heterocycles. The van der Waals surface area contributed by atoms with Crippen molar-refractivity contribution in [2.24, 2.45) is 5.92 Å². The molecule has 7 heteroatoms. The van der Waals surface area contributed by atoms with Gasteiger partial charge in [0.05, 0.1) is 33.3 Å². The number of hydrogen-bond acceptors (Lipinski definition) is 6. The van der Waals surface area contributed by atoms with Gasteiger partial charge in [-0.25, -0.2) is 0 Å². The minimum atomic E-state index is -0.534. The number of rotatable bonds is 6. The van der Waals surface area contributed by atoms with Crippen LogP contribution in [0.5, 0.6) is 17.2 Å². The molecule has 2 heterocycles. The maximum atomic E-state index is 13.2. The molecule has 158 valence electrons. The van der Waals surface area contributed by atoms with Crippen LogP contribution in [-0.4, -0.2) is 50.3 Å². The lowest BCUT2D eigenvalue weighted by atomic mass is 9.98. The fourth-order valence-electron chi connectivity index (χ4n) is 4.19. The van der Waals surface area contributed by atoms with E-state index in [2.05, 4.69) is 0 Å². The number of hydrogen-bond donors (Lipinski definition) is 0. The van der Waals surface area contributed by atoms with Gasteiger partial charge in [-0.3, -0.25) is 9.59 Å². The van der Waals surface area contributed by atoms with Gasteiger partial charge in [-0.05, 0) is 36.8 Å². The fourth-order valence-corrected chi connectivity index (χ4v) is 4.19. The first-order valence-corrected chi connectivity index (χ1v) is 9.99. The van der Waals surface area contributed by atoms with Crippen LogP contribution in [0.4, 0.5) is 0 Å². The van der Waals surface area contributed by atoms with Gasteiger partial charge in [0, 0.05) is 18.2 Å². The second kappa shape index (κ2) is 8.26. The first-order valence-electron chi connectivity index (χ1n) is 9.99. The highest BCUT2D eigenvalue weighted by Gasteiger charge is 2.54. The van der Waals surface area contributed by atoms with E-state index in [0.717, 1.165) is 16.9 Å². The van der Waals surface area contributed by atoms with Crippen LogP contribution < -0.4 is 14.2 Å². The Balaban J connectivity index is 1.61. The molecule has 2 aromatic carbocycles. The number of nitrogens with zero attached hydrogens (tertiary/aromatic N) is 1. The van der Waals surface area contributed by atoms with Crippen LogP contribution in [-0.2, 0) is 20.7 Å². The summed E-state index contributed by atoms with van der Waals surface area (Å²) < 4.78 is 21.8. The number of carbonyl (C=O) groups is 2.